The summed E-state index contributed by atoms with van der Waals surface area (Å²) in [5, 5.41) is 28.1. The predicted octanol–water partition coefficient (Wildman–Crippen LogP) is 2.21. The average molecular weight is 490 g/mol. The van der Waals surface area contributed by atoms with Crippen molar-refractivity contribution in [3.05, 3.63) is 40.6 Å². The minimum atomic E-state index is -0.623. The number of phenols is 1. The van der Waals surface area contributed by atoms with Crippen LogP contribution in [-0.4, -0.2) is 56.5 Å². The lowest BCUT2D eigenvalue weighted by Gasteiger charge is -2.36. The van der Waals surface area contributed by atoms with Gasteiger partial charge in [-0.25, -0.2) is 4.68 Å². The van der Waals surface area contributed by atoms with Gasteiger partial charge in [0.15, 0.2) is 11.5 Å². The molecule has 162 valence electrons. The number of amides is 1. The predicted molar refractivity (Wildman–Crippen MR) is 114 cm³/mol. The number of methoxy groups -OCH3 is 2. The van der Waals surface area contributed by atoms with Crippen LogP contribution >= 0.6 is 15.9 Å². The van der Waals surface area contributed by atoms with Crippen LogP contribution < -0.4 is 20.1 Å². The van der Waals surface area contributed by atoms with E-state index in [2.05, 4.69) is 47.1 Å². The Labute approximate surface area is 185 Å². The lowest BCUT2D eigenvalue weighted by atomic mass is 9.85. The van der Waals surface area contributed by atoms with Crippen molar-refractivity contribution >= 4 is 33.5 Å². The molecule has 1 aliphatic heterocycles. The van der Waals surface area contributed by atoms with E-state index in [0.29, 0.717) is 27.4 Å². The van der Waals surface area contributed by atoms with Gasteiger partial charge in [-0.1, -0.05) is 5.10 Å². The number of anilines is 2. The number of aromatic nitrogens is 5. The molecule has 3 heterocycles. The summed E-state index contributed by atoms with van der Waals surface area (Å²) in [4.78, 5) is 17.5. The number of carbonyl (C=O) groups is 1. The topological polar surface area (TPSA) is 136 Å². The van der Waals surface area contributed by atoms with Crippen LogP contribution in [-0.2, 0) is 4.79 Å². The molecule has 3 N–H and O–H groups in total. The minimum Gasteiger partial charge on any atom is -0.503 e. The van der Waals surface area contributed by atoms with E-state index in [1.165, 1.54) is 20.4 Å². The molecular weight excluding hydrogens is 470 g/mol. The molecule has 0 aliphatic carbocycles. The zero-order valence-electron chi connectivity index (χ0n) is 16.9. The van der Waals surface area contributed by atoms with Crippen LogP contribution in [0.4, 0.5) is 11.6 Å². The van der Waals surface area contributed by atoms with Crippen molar-refractivity contribution in [2.24, 2.45) is 5.92 Å². The highest BCUT2D eigenvalue weighted by atomic mass is 79.9. The van der Waals surface area contributed by atoms with Crippen LogP contribution in [0.3, 0.4) is 0 Å². The largest absolute Gasteiger partial charge is 0.503 e. The number of hydrogen-bond acceptors (Lipinski definition) is 9. The Morgan fingerprint density at radius 1 is 1.29 bits per heavy atom. The summed E-state index contributed by atoms with van der Waals surface area (Å²) < 4.78 is 12.6. The van der Waals surface area contributed by atoms with Gasteiger partial charge in [0.2, 0.25) is 11.9 Å². The number of hydrogen-bond donors (Lipinski definition) is 3. The fourth-order valence-electron chi connectivity index (χ4n) is 3.70. The molecule has 2 aromatic heterocycles. The van der Waals surface area contributed by atoms with Gasteiger partial charge in [-0.15, -0.1) is 0 Å². The number of benzene rings is 1. The summed E-state index contributed by atoms with van der Waals surface area (Å²) in [5.74, 6) is 0.254. The Hall–Kier alpha value is -3.41. The first kappa shape index (κ1) is 20.8. The van der Waals surface area contributed by atoms with Crippen LogP contribution in [0.15, 0.2) is 35.1 Å². The molecule has 31 heavy (non-hydrogen) atoms. The first-order valence-electron chi connectivity index (χ1n) is 9.34. The highest BCUT2D eigenvalue weighted by Gasteiger charge is 2.42. The maximum atomic E-state index is 13.5. The van der Waals surface area contributed by atoms with Crippen molar-refractivity contribution in [2.75, 3.05) is 24.9 Å². The second-order valence-corrected chi connectivity index (χ2v) is 7.82. The van der Waals surface area contributed by atoms with E-state index < -0.39 is 12.0 Å². The molecule has 1 aromatic carbocycles. The standard InChI is InChI=1S/C19H20BrN7O4/c1-9-15(18(29)23-12-8-21-5-4-13(12)30-2)16(27-19(22-9)24-25-26-27)10-6-11(20)17(28)14(7-10)31-3/h4-9,15-16,28H,1-3H3,(H,23,29)(H,22,24,26). The maximum Gasteiger partial charge on any atom is 0.243 e. The molecule has 3 atom stereocenters. The van der Waals surface area contributed by atoms with E-state index in [9.17, 15) is 9.90 Å². The molecule has 4 rings (SSSR count). The molecule has 11 nitrogen and oxygen atoms in total. The van der Waals surface area contributed by atoms with Crippen molar-refractivity contribution in [2.45, 2.75) is 19.0 Å². The number of nitrogens with one attached hydrogen (secondary N) is 2. The third-order valence-electron chi connectivity index (χ3n) is 5.17. The fraction of sp³-hybridized carbons (Fsp3) is 0.316. The number of rotatable bonds is 5. The molecule has 1 amide bonds. The number of tetrazole rings is 1. The lowest BCUT2D eigenvalue weighted by Crippen LogP contribution is -2.46. The quantitative estimate of drug-likeness (QED) is 0.492. The van der Waals surface area contributed by atoms with E-state index in [1.807, 2.05) is 6.92 Å². The van der Waals surface area contributed by atoms with Crippen LogP contribution in [0.5, 0.6) is 17.2 Å². The molecule has 0 saturated carbocycles. The monoisotopic (exact) mass is 489 g/mol. The number of phenolic OH excluding ortho intramolecular Hbond substituents is 1. The first-order valence-corrected chi connectivity index (χ1v) is 10.1. The zero-order valence-corrected chi connectivity index (χ0v) is 18.5. The van der Waals surface area contributed by atoms with Gasteiger partial charge >= 0.3 is 0 Å². The van der Waals surface area contributed by atoms with E-state index in [-0.39, 0.29) is 23.4 Å². The van der Waals surface area contributed by atoms with E-state index >= 15 is 0 Å². The SMILES string of the molecule is COc1ccncc1NC(=O)C1C(C)Nc2nnnn2C1c1cc(Br)c(O)c(OC)c1. The van der Waals surface area contributed by atoms with E-state index in [4.69, 9.17) is 9.47 Å². The molecule has 12 heteroatoms. The number of nitrogens with zero attached hydrogens (tertiary/aromatic N) is 5. The summed E-state index contributed by atoms with van der Waals surface area (Å²) in [5.41, 5.74) is 1.13. The molecule has 0 saturated heterocycles. The Kier molecular flexibility index (Phi) is 5.63. The summed E-state index contributed by atoms with van der Waals surface area (Å²) in [6.07, 6.45) is 3.10. The number of halogens is 1. The first-order chi connectivity index (χ1) is 14.9. The summed E-state index contributed by atoms with van der Waals surface area (Å²) >= 11 is 3.35. The van der Waals surface area contributed by atoms with Gasteiger partial charge in [0.05, 0.1) is 36.8 Å². The van der Waals surface area contributed by atoms with Crippen molar-refractivity contribution in [1.82, 2.24) is 25.2 Å². The van der Waals surface area contributed by atoms with Crippen molar-refractivity contribution in [3.63, 3.8) is 0 Å². The Balaban J connectivity index is 1.78. The molecule has 3 unspecified atom stereocenters. The second-order valence-electron chi connectivity index (χ2n) is 6.97. The third kappa shape index (κ3) is 3.74. The molecule has 3 aromatic rings. The Morgan fingerprint density at radius 2 is 2.06 bits per heavy atom. The maximum absolute atomic E-state index is 13.5. The zero-order chi connectivity index (χ0) is 22.1. The van der Waals surface area contributed by atoms with Gasteiger partial charge in [0.25, 0.3) is 0 Å². The summed E-state index contributed by atoms with van der Waals surface area (Å²) in [6, 6.07) is 4.16. The fourth-order valence-corrected chi connectivity index (χ4v) is 4.16. The Morgan fingerprint density at radius 3 is 2.81 bits per heavy atom. The summed E-state index contributed by atoms with van der Waals surface area (Å²) in [7, 11) is 2.98. The summed E-state index contributed by atoms with van der Waals surface area (Å²) in [6.45, 7) is 1.88. The molecule has 1 aliphatic rings. The number of aromatic hydroxyl groups is 1. The van der Waals surface area contributed by atoms with Gasteiger partial charge in [0.1, 0.15) is 11.4 Å². The smallest absolute Gasteiger partial charge is 0.243 e. The molecule has 0 spiro atoms. The Bertz CT molecular complexity index is 1120. The van der Waals surface area contributed by atoms with Gasteiger partial charge < -0.3 is 25.2 Å². The van der Waals surface area contributed by atoms with Gasteiger partial charge in [0, 0.05) is 18.3 Å². The van der Waals surface area contributed by atoms with Crippen LogP contribution in [0.25, 0.3) is 0 Å². The van der Waals surface area contributed by atoms with E-state index in [0.717, 1.165) is 0 Å². The van der Waals surface area contributed by atoms with Crippen molar-refractivity contribution in [1.29, 1.82) is 0 Å². The molecule has 0 bridgehead atoms. The average Bonchev–Trinajstić information content (AvgIpc) is 3.22. The highest BCUT2D eigenvalue weighted by Crippen LogP contribution is 2.42. The lowest BCUT2D eigenvalue weighted by molar-refractivity contribution is -0.121. The number of pyridine rings is 1. The molecule has 0 fully saturated rings. The van der Waals surface area contributed by atoms with Crippen molar-refractivity contribution < 1.29 is 19.4 Å². The van der Waals surface area contributed by atoms with Crippen LogP contribution in [0.1, 0.15) is 18.5 Å². The van der Waals surface area contributed by atoms with Gasteiger partial charge in [-0.3, -0.25) is 9.78 Å². The van der Waals surface area contributed by atoms with Crippen LogP contribution in [0, 0.1) is 5.92 Å². The van der Waals surface area contributed by atoms with E-state index in [1.54, 1.807) is 29.1 Å². The molecule has 0 radical (unpaired) electrons. The number of carbonyl (C=O) groups excluding carboxylic acids is 1. The molecular formula is C19H20BrN7O4. The number of ether oxygens (including phenoxy) is 2. The normalized spacial score (nSPS) is 19.8. The van der Waals surface area contributed by atoms with Crippen LogP contribution in [0.2, 0.25) is 0 Å². The second kappa shape index (κ2) is 8.38. The van der Waals surface area contributed by atoms with Gasteiger partial charge in [-0.2, -0.15) is 0 Å². The minimum absolute atomic E-state index is 0.0359. The number of fused-ring (bicyclic) bond motifs is 1. The van der Waals surface area contributed by atoms with Crippen molar-refractivity contribution in [3.8, 4) is 17.2 Å². The highest BCUT2D eigenvalue weighted by molar-refractivity contribution is 9.10. The third-order valence-corrected chi connectivity index (χ3v) is 5.77. The van der Waals surface area contributed by atoms with Gasteiger partial charge in [-0.05, 0) is 51.0 Å².